The van der Waals surface area contributed by atoms with Gasteiger partial charge in [0.25, 0.3) is 0 Å². The molecule has 0 fully saturated rings. The zero-order valence-electron chi connectivity index (χ0n) is 10.8. The SMILES string of the molecule is Cc1noc(CNCc2cc(F)cc(/C(N)=N/O)c2)n1. The summed E-state index contributed by atoms with van der Waals surface area (Å²) in [7, 11) is 0. The van der Waals surface area contributed by atoms with Crippen LogP contribution in [0.1, 0.15) is 22.8 Å². The molecule has 0 amide bonds. The van der Waals surface area contributed by atoms with E-state index >= 15 is 0 Å². The molecule has 0 saturated heterocycles. The van der Waals surface area contributed by atoms with Gasteiger partial charge in [0.05, 0.1) is 6.54 Å². The Morgan fingerprint density at radius 2 is 2.25 bits per heavy atom. The van der Waals surface area contributed by atoms with Crippen LogP contribution in [0.5, 0.6) is 0 Å². The van der Waals surface area contributed by atoms with Gasteiger partial charge in [-0.1, -0.05) is 10.3 Å². The number of aromatic nitrogens is 2. The van der Waals surface area contributed by atoms with Crippen molar-refractivity contribution in [1.29, 1.82) is 0 Å². The highest BCUT2D eigenvalue weighted by Crippen LogP contribution is 2.09. The van der Waals surface area contributed by atoms with Gasteiger partial charge in [-0.25, -0.2) is 4.39 Å². The predicted molar refractivity (Wildman–Crippen MR) is 68.5 cm³/mol. The van der Waals surface area contributed by atoms with E-state index in [0.29, 0.717) is 35.9 Å². The highest BCUT2D eigenvalue weighted by Gasteiger charge is 2.06. The molecule has 106 valence electrons. The number of aryl methyl sites for hydroxylation is 1. The summed E-state index contributed by atoms with van der Waals surface area (Å²) in [5.41, 5.74) is 6.41. The van der Waals surface area contributed by atoms with E-state index in [4.69, 9.17) is 15.5 Å². The molecule has 8 heteroatoms. The predicted octanol–water partition coefficient (Wildman–Crippen LogP) is 0.901. The van der Waals surface area contributed by atoms with Gasteiger partial charge in [0.15, 0.2) is 11.7 Å². The Labute approximate surface area is 114 Å². The van der Waals surface area contributed by atoms with Gasteiger partial charge in [-0.05, 0) is 30.7 Å². The summed E-state index contributed by atoms with van der Waals surface area (Å²) in [5, 5.41) is 18.1. The molecule has 0 radical (unpaired) electrons. The first-order valence-electron chi connectivity index (χ1n) is 5.86. The molecule has 0 aliphatic heterocycles. The topological polar surface area (TPSA) is 110 Å². The maximum Gasteiger partial charge on any atom is 0.240 e. The number of oxime groups is 1. The normalized spacial score (nSPS) is 11.8. The molecule has 1 aromatic heterocycles. The molecule has 0 spiro atoms. The number of nitrogens with zero attached hydrogens (tertiary/aromatic N) is 3. The monoisotopic (exact) mass is 279 g/mol. The first-order chi connectivity index (χ1) is 9.58. The number of hydrogen-bond donors (Lipinski definition) is 3. The number of halogens is 1. The molecule has 20 heavy (non-hydrogen) atoms. The quantitative estimate of drug-likeness (QED) is 0.325. The van der Waals surface area contributed by atoms with Crippen molar-refractivity contribution in [3.05, 3.63) is 46.9 Å². The van der Waals surface area contributed by atoms with Crippen LogP contribution in [0.4, 0.5) is 4.39 Å². The van der Waals surface area contributed by atoms with Crippen molar-refractivity contribution in [2.75, 3.05) is 0 Å². The lowest BCUT2D eigenvalue weighted by atomic mass is 10.1. The van der Waals surface area contributed by atoms with Crippen LogP contribution in [-0.4, -0.2) is 21.2 Å². The lowest BCUT2D eigenvalue weighted by molar-refractivity contribution is 0.318. The van der Waals surface area contributed by atoms with E-state index in [1.54, 1.807) is 13.0 Å². The fraction of sp³-hybridized carbons (Fsp3) is 0.250. The average Bonchev–Trinajstić information content (AvgIpc) is 2.83. The van der Waals surface area contributed by atoms with Gasteiger partial charge in [0.2, 0.25) is 5.89 Å². The molecule has 0 atom stereocenters. The van der Waals surface area contributed by atoms with E-state index in [2.05, 4.69) is 20.6 Å². The zero-order chi connectivity index (χ0) is 14.5. The van der Waals surface area contributed by atoms with Crippen LogP contribution in [0.25, 0.3) is 0 Å². The molecule has 0 saturated carbocycles. The fourth-order valence-electron chi connectivity index (χ4n) is 1.68. The molecule has 0 aliphatic carbocycles. The maximum atomic E-state index is 13.4. The molecular formula is C12H14FN5O2. The van der Waals surface area contributed by atoms with E-state index in [9.17, 15) is 4.39 Å². The molecule has 7 nitrogen and oxygen atoms in total. The van der Waals surface area contributed by atoms with Crippen LogP contribution in [0.15, 0.2) is 27.9 Å². The number of nitrogens with two attached hydrogens (primary N) is 1. The number of rotatable bonds is 5. The number of benzene rings is 1. The summed E-state index contributed by atoms with van der Waals surface area (Å²) in [5.74, 6) is 0.412. The first-order valence-corrected chi connectivity index (χ1v) is 5.86. The zero-order valence-corrected chi connectivity index (χ0v) is 10.8. The Morgan fingerprint density at radius 1 is 1.45 bits per heavy atom. The van der Waals surface area contributed by atoms with Crippen LogP contribution in [0.3, 0.4) is 0 Å². The molecule has 1 aromatic carbocycles. The van der Waals surface area contributed by atoms with Crippen LogP contribution in [-0.2, 0) is 13.1 Å². The lowest BCUT2D eigenvalue weighted by Gasteiger charge is -2.05. The standard InChI is InChI=1S/C12H14FN5O2/c1-7-16-11(20-18-7)6-15-5-8-2-9(12(14)17-19)4-10(13)3-8/h2-4,15,19H,5-6H2,1H3,(H2,14,17). The Bertz CT molecular complexity index is 626. The minimum atomic E-state index is -0.459. The number of hydrogen-bond acceptors (Lipinski definition) is 6. The smallest absolute Gasteiger partial charge is 0.240 e. The second-order valence-electron chi connectivity index (χ2n) is 4.17. The largest absolute Gasteiger partial charge is 0.409 e. The Kier molecular flexibility index (Phi) is 4.26. The lowest BCUT2D eigenvalue weighted by Crippen LogP contribution is -2.16. The van der Waals surface area contributed by atoms with Crippen LogP contribution in [0.2, 0.25) is 0 Å². The summed E-state index contributed by atoms with van der Waals surface area (Å²) >= 11 is 0. The van der Waals surface area contributed by atoms with Crippen LogP contribution < -0.4 is 11.1 Å². The van der Waals surface area contributed by atoms with Gasteiger partial charge in [0, 0.05) is 12.1 Å². The molecule has 0 aliphatic rings. The van der Waals surface area contributed by atoms with Gasteiger partial charge in [0.1, 0.15) is 5.82 Å². The summed E-state index contributed by atoms with van der Waals surface area (Å²) in [6.07, 6.45) is 0. The van der Waals surface area contributed by atoms with Crippen LogP contribution >= 0.6 is 0 Å². The molecule has 2 aromatic rings. The van der Waals surface area contributed by atoms with Crippen molar-refractivity contribution in [2.45, 2.75) is 20.0 Å². The Morgan fingerprint density at radius 3 is 2.90 bits per heavy atom. The molecule has 2 rings (SSSR count). The third kappa shape index (κ3) is 3.51. The maximum absolute atomic E-state index is 13.4. The summed E-state index contributed by atoms with van der Waals surface area (Å²) in [4.78, 5) is 4.03. The van der Waals surface area contributed by atoms with E-state index in [1.807, 2.05) is 0 Å². The summed E-state index contributed by atoms with van der Waals surface area (Å²) in [6, 6.07) is 4.18. The van der Waals surface area contributed by atoms with Crippen molar-refractivity contribution in [3.63, 3.8) is 0 Å². The molecule has 0 unspecified atom stereocenters. The average molecular weight is 279 g/mol. The van der Waals surface area contributed by atoms with Gasteiger partial charge in [-0.15, -0.1) is 0 Å². The second-order valence-corrected chi connectivity index (χ2v) is 4.17. The number of amidine groups is 1. The third-order valence-electron chi connectivity index (χ3n) is 2.54. The van der Waals surface area contributed by atoms with E-state index in [0.717, 1.165) is 0 Å². The molecular weight excluding hydrogens is 265 g/mol. The third-order valence-corrected chi connectivity index (χ3v) is 2.54. The van der Waals surface area contributed by atoms with E-state index in [1.165, 1.54) is 12.1 Å². The van der Waals surface area contributed by atoms with Gasteiger partial charge >= 0.3 is 0 Å². The Balaban J connectivity index is 2.00. The van der Waals surface area contributed by atoms with Crippen molar-refractivity contribution < 1.29 is 14.1 Å². The highest BCUT2D eigenvalue weighted by molar-refractivity contribution is 5.97. The second kappa shape index (κ2) is 6.11. The van der Waals surface area contributed by atoms with Crippen molar-refractivity contribution in [2.24, 2.45) is 10.9 Å². The molecule has 1 heterocycles. The number of nitrogens with one attached hydrogen (secondary N) is 1. The van der Waals surface area contributed by atoms with Crippen molar-refractivity contribution >= 4 is 5.84 Å². The van der Waals surface area contributed by atoms with Crippen molar-refractivity contribution in [3.8, 4) is 0 Å². The first kappa shape index (κ1) is 13.9. The Hall–Kier alpha value is -2.48. The fourth-order valence-corrected chi connectivity index (χ4v) is 1.68. The highest BCUT2D eigenvalue weighted by atomic mass is 19.1. The van der Waals surface area contributed by atoms with Gasteiger partial charge < -0.3 is 20.8 Å². The summed E-state index contributed by atoms with van der Waals surface area (Å²) < 4.78 is 18.4. The van der Waals surface area contributed by atoms with E-state index in [-0.39, 0.29) is 5.84 Å². The minimum absolute atomic E-state index is 0.140. The van der Waals surface area contributed by atoms with E-state index < -0.39 is 5.82 Å². The summed E-state index contributed by atoms with van der Waals surface area (Å²) in [6.45, 7) is 2.48. The molecule has 4 N–H and O–H groups in total. The van der Waals surface area contributed by atoms with Gasteiger partial charge in [-0.3, -0.25) is 0 Å². The van der Waals surface area contributed by atoms with Crippen molar-refractivity contribution in [1.82, 2.24) is 15.5 Å². The molecule has 0 bridgehead atoms. The minimum Gasteiger partial charge on any atom is -0.409 e. The van der Waals surface area contributed by atoms with Crippen LogP contribution in [0, 0.1) is 12.7 Å². The van der Waals surface area contributed by atoms with Gasteiger partial charge in [-0.2, -0.15) is 4.98 Å².